The normalized spacial score (nSPS) is 10.9. The minimum absolute atomic E-state index is 0.269. The maximum Gasteiger partial charge on any atom is 0.161 e. The summed E-state index contributed by atoms with van der Waals surface area (Å²) in [4.78, 5) is 11.9. The molecule has 0 aliphatic rings. The molecule has 0 aliphatic heterocycles. The van der Waals surface area contributed by atoms with E-state index < -0.39 is 5.97 Å². The predicted molar refractivity (Wildman–Crippen MR) is 119 cm³/mol. The fourth-order valence-electron chi connectivity index (χ4n) is 3.95. The average molecular weight is 422 g/mol. The smallest absolute Gasteiger partial charge is 0.161 e. The van der Waals surface area contributed by atoms with Gasteiger partial charge >= 0.3 is 0 Å². The van der Waals surface area contributed by atoms with Gasteiger partial charge in [-0.25, -0.2) is 0 Å². The van der Waals surface area contributed by atoms with E-state index in [1.807, 2.05) is 44.2 Å². The number of ether oxygens (including phenoxy) is 2. The fraction of sp³-hybridized carbons (Fsp3) is 0.320. The van der Waals surface area contributed by atoms with E-state index in [9.17, 15) is 9.90 Å². The second-order valence-corrected chi connectivity index (χ2v) is 7.62. The van der Waals surface area contributed by atoms with Crippen molar-refractivity contribution in [3.8, 4) is 11.5 Å². The van der Waals surface area contributed by atoms with Crippen molar-refractivity contribution in [1.82, 2.24) is 9.88 Å². The SMILES string of the molecule is COc1ccc(CNCc2c(C(=O)[O-])c(C)n(Cc3ccccc3C)c2C)cc1OC. The molecular weight excluding hydrogens is 392 g/mol. The molecular formula is C25H29N2O4-. The van der Waals surface area contributed by atoms with Crippen LogP contribution in [0.1, 0.15) is 44.0 Å². The van der Waals surface area contributed by atoms with Crippen molar-refractivity contribution in [2.75, 3.05) is 14.2 Å². The van der Waals surface area contributed by atoms with Gasteiger partial charge in [-0.15, -0.1) is 0 Å². The fourth-order valence-corrected chi connectivity index (χ4v) is 3.95. The molecule has 0 fully saturated rings. The van der Waals surface area contributed by atoms with Crippen LogP contribution in [0.2, 0.25) is 0 Å². The third-order valence-electron chi connectivity index (χ3n) is 5.78. The van der Waals surface area contributed by atoms with Crippen molar-refractivity contribution in [2.24, 2.45) is 0 Å². The number of aromatic carboxylic acids is 1. The highest BCUT2D eigenvalue weighted by Gasteiger charge is 2.18. The van der Waals surface area contributed by atoms with Crippen molar-refractivity contribution in [2.45, 2.75) is 40.4 Å². The second kappa shape index (κ2) is 9.71. The standard InChI is InChI=1S/C25H30N2O4/c1-16-8-6-7-9-20(16)15-27-17(2)21(24(18(27)3)25(28)29)14-26-13-19-10-11-22(30-4)23(12-19)31-5/h6-12,26H,13-15H2,1-5H3,(H,28,29)/p-1. The lowest BCUT2D eigenvalue weighted by atomic mass is 10.1. The Bertz CT molecular complexity index is 1090. The first kappa shape index (κ1) is 22.4. The third kappa shape index (κ3) is 4.75. The van der Waals surface area contributed by atoms with Gasteiger partial charge in [0.1, 0.15) is 0 Å². The Kier molecular flexibility index (Phi) is 7.02. The number of benzene rings is 2. The maximum absolute atomic E-state index is 11.9. The molecule has 0 unspecified atom stereocenters. The number of hydrogen-bond donors (Lipinski definition) is 1. The zero-order valence-electron chi connectivity index (χ0n) is 18.7. The molecule has 31 heavy (non-hydrogen) atoms. The van der Waals surface area contributed by atoms with Gasteiger partial charge in [0.2, 0.25) is 0 Å². The van der Waals surface area contributed by atoms with E-state index in [0.717, 1.165) is 16.8 Å². The van der Waals surface area contributed by atoms with Gasteiger partial charge in [0, 0.05) is 36.6 Å². The van der Waals surface area contributed by atoms with Crippen LogP contribution in [0.4, 0.5) is 0 Å². The summed E-state index contributed by atoms with van der Waals surface area (Å²) in [5.74, 6) is 0.186. The number of aromatic nitrogens is 1. The van der Waals surface area contributed by atoms with Crippen LogP contribution in [0.15, 0.2) is 42.5 Å². The van der Waals surface area contributed by atoms with Crippen LogP contribution >= 0.6 is 0 Å². The molecule has 0 radical (unpaired) electrons. The first-order valence-corrected chi connectivity index (χ1v) is 10.2. The first-order valence-electron chi connectivity index (χ1n) is 10.2. The zero-order valence-corrected chi connectivity index (χ0v) is 18.7. The van der Waals surface area contributed by atoms with Gasteiger partial charge in [0.15, 0.2) is 11.5 Å². The van der Waals surface area contributed by atoms with E-state index in [1.165, 1.54) is 11.1 Å². The molecule has 0 amide bonds. The molecule has 164 valence electrons. The van der Waals surface area contributed by atoms with Crippen LogP contribution in [0, 0.1) is 20.8 Å². The van der Waals surface area contributed by atoms with Crippen LogP contribution in [0.3, 0.4) is 0 Å². The monoisotopic (exact) mass is 421 g/mol. The van der Waals surface area contributed by atoms with Crippen LogP contribution < -0.4 is 19.9 Å². The molecule has 0 saturated carbocycles. The lowest BCUT2D eigenvalue weighted by Crippen LogP contribution is -2.25. The number of carboxylic acids is 1. The molecule has 0 spiro atoms. The Morgan fingerprint density at radius 3 is 2.32 bits per heavy atom. The molecule has 1 heterocycles. The van der Waals surface area contributed by atoms with Gasteiger partial charge in [0.05, 0.1) is 20.2 Å². The van der Waals surface area contributed by atoms with Crippen LogP contribution in [0.5, 0.6) is 11.5 Å². The van der Waals surface area contributed by atoms with E-state index in [4.69, 9.17) is 9.47 Å². The van der Waals surface area contributed by atoms with E-state index in [-0.39, 0.29) is 5.56 Å². The van der Waals surface area contributed by atoms with Crippen molar-refractivity contribution in [3.63, 3.8) is 0 Å². The Labute approximate surface area is 183 Å². The summed E-state index contributed by atoms with van der Waals surface area (Å²) in [6.45, 7) is 7.48. The summed E-state index contributed by atoms with van der Waals surface area (Å²) < 4.78 is 12.7. The number of methoxy groups -OCH3 is 2. The van der Waals surface area contributed by atoms with Gasteiger partial charge in [-0.1, -0.05) is 30.3 Å². The molecule has 6 heteroatoms. The van der Waals surface area contributed by atoms with Gasteiger partial charge < -0.3 is 29.3 Å². The zero-order chi connectivity index (χ0) is 22.5. The lowest BCUT2D eigenvalue weighted by Gasteiger charge is -2.13. The first-order chi connectivity index (χ1) is 14.9. The summed E-state index contributed by atoms with van der Waals surface area (Å²) in [6.07, 6.45) is 0. The van der Waals surface area contributed by atoms with Crippen molar-refractivity contribution < 1.29 is 19.4 Å². The van der Waals surface area contributed by atoms with E-state index in [0.29, 0.717) is 36.8 Å². The Hall–Kier alpha value is -3.25. The molecule has 3 aromatic rings. The summed E-state index contributed by atoms with van der Waals surface area (Å²) in [5.41, 5.74) is 6.03. The topological polar surface area (TPSA) is 75.5 Å². The van der Waals surface area contributed by atoms with Crippen molar-refractivity contribution in [1.29, 1.82) is 0 Å². The predicted octanol–water partition coefficient (Wildman–Crippen LogP) is 3.13. The lowest BCUT2D eigenvalue weighted by molar-refractivity contribution is -0.255. The number of hydrogen-bond acceptors (Lipinski definition) is 5. The van der Waals surface area contributed by atoms with Crippen LogP contribution in [-0.2, 0) is 19.6 Å². The highest BCUT2D eigenvalue weighted by Crippen LogP contribution is 2.28. The molecule has 0 saturated heterocycles. The summed E-state index contributed by atoms with van der Waals surface area (Å²) >= 11 is 0. The molecule has 0 atom stereocenters. The molecule has 1 aromatic heterocycles. The van der Waals surface area contributed by atoms with Gasteiger partial charge in [-0.05, 0) is 55.2 Å². The van der Waals surface area contributed by atoms with E-state index in [1.54, 1.807) is 14.2 Å². The quantitative estimate of drug-likeness (QED) is 0.575. The summed E-state index contributed by atoms with van der Waals surface area (Å²) in [6, 6.07) is 13.9. The van der Waals surface area contributed by atoms with E-state index in [2.05, 4.69) is 28.9 Å². The number of carbonyl (C=O) groups is 1. The highest BCUT2D eigenvalue weighted by atomic mass is 16.5. The largest absolute Gasteiger partial charge is 0.545 e. The average Bonchev–Trinajstić information content (AvgIpc) is 2.99. The number of carboxylic acid groups (broad SMARTS) is 1. The number of nitrogens with zero attached hydrogens (tertiary/aromatic N) is 1. The number of rotatable bonds is 9. The van der Waals surface area contributed by atoms with Gasteiger partial charge in [0.25, 0.3) is 0 Å². The molecule has 1 N–H and O–H groups in total. The van der Waals surface area contributed by atoms with Crippen molar-refractivity contribution >= 4 is 5.97 Å². The summed E-state index contributed by atoms with van der Waals surface area (Å²) in [7, 11) is 3.20. The Morgan fingerprint density at radius 1 is 0.968 bits per heavy atom. The third-order valence-corrected chi connectivity index (χ3v) is 5.78. The molecule has 0 aliphatic carbocycles. The second-order valence-electron chi connectivity index (χ2n) is 7.62. The molecule has 6 nitrogen and oxygen atoms in total. The highest BCUT2D eigenvalue weighted by molar-refractivity contribution is 5.89. The van der Waals surface area contributed by atoms with E-state index >= 15 is 0 Å². The van der Waals surface area contributed by atoms with Gasteiger partial charge in [-0.3, -0.25) is 0 Å². The Morgan fingerprint density at radius 2 is 1.68 bits per heavy atom. The molecule has 3 rings (SSSR count). The number of carbonyl (C=O) groups excluding carboxylic acids is 1. The van der Waals surface area contributed by atoms with Gasteiger partial charge in [-0.2, -0.15) is 0 Å². The minimum atomic E-state index is -1.15. The Balaban J connectivity index is 1.82. The number of nitrogens with one attached hydrogen (secondary N) is 1. The summed E-state index contributed by atoms with van der Waals surface area (Å²) in [5, 5.41) is 15.3. The maximum atomic E-state index is 11.9. The van der Waals surface area contributed by atoms with Crippen LogP contribution in [-0.4, -0.2) is 24.8 Å². The minimum Gasteiger partial charge on any atom is -0.545 e. The van der Waals surface area contributed by atoms with Crippen LogP contribution in [0.25, 0.3) is 0 Å². The molecule has 0 bridgehead atoms. The van der Waals surface area contributed by atoms with Crippen molar-refractivity contribution in [3.05, 3.63) is 81.7 Å². The number of aryl methyl sites for hydroxylation is 1. The molecule has 2 aromatic carbocycles.